The average molecular weight is 462 g/mol. The Balaban J connectivity index is 1.30. The summed E-state index contributed by atoms with van der Waals surface area (Å²) in [6.07, 6.45) is 0.766. The lowest BCUT2D eigenvalue weighted by atomic mass is 9.85. The van der Waals surface area contributed by atoms with Crippen molar-refractivity contribution in [3.8, 4) is 0 Å². The molecule has 2 aromatic rings. The number of carbonyl (C=O) groups is 3. The maximum Gasteiger partial charge on any atom is 0.229 e. The molecule has 6 nitrogen and oxygen atoms in total. The average Bonchev–Trinajstić information content (AvgIpc) is 2.82. The van der Waals surface area contributed by atoms with E-state index in [0.717, 1.165) is 18.7 Å². The number of anilines is 1. The van der Waals surface area contributed by atoms with Crippen LogP contribution in [0.4, 0.5) is 5.69 Å². The minimum absolute atomic E-state index is 0.0471. The van der Waals surface area contributed by atoms with Crippen LogP contribution in [0.25, 0.3) is 0 Å². The van der Waals surface area contributed by atoms with E-state index in [9.17, 15) is 14.4 Å². The largest absolute Gasteiger partial charge is 0.368 e. The highest BCUT2D eigenvalue weighted by Gasteiger charge is 2.35. The molecule has 0 N–H and O–H groups in total. The molecule has 0 bridgehead atoms. The van der Waals surface area contributed by atoms with Gasteiger partial charge in [0.05, 0.1) is 6.54 Å². The molecule has 0 radical (unpaired) electrons. The summed E-state index contributed by atoms with van der Waals surface area (Å²) in [7, 11) is 0. The van der Waals surface area contributed by atoms with Gasteiger partial charge in [-0.2, -0.15) is 0 Å². The molecular weight excluding hydrogens is 426 g/mol. The fourth-order valence-electron chi connectivity index (χ4n) is 4.97. The number of hydrogen-bond acceptors (Lipinski definition) is 4. The van der Waals surface area contributed by atoms with Crippen molar-refractivity contribution in [3.05, 3.63) is 65.7 Å². The molecule has 0 spiro atoms. The van der Waals surface area contributed by atoms with Crippen molar-refractivity contribution in [2.45, 2.75) is 52.0 Å². The predicted molar refractivity (Wildman–Crippen MR) is 133 cm³/mol. The van der Waals surface area contributed by atoms with Gasteiger partial charge in [0.25, 0.3) is 0 Å². The normalized spacial score (nSPS) is 17.9. The van der Waals surface area contributed by atoms with Crippen molar-refractivity contribution < 1.29 is 14.4 Å². The van der Waals surface area contributed by atoms with E-state index in [1.807, 2.05) is 35.2 Å². The fourth-order valence-corrected chi connectivity index (χ4v) is 4.97. The van der Waals surface area contributed by atoms with Gasteiger partial charge in [-0.05, 0) is 28.5 Å². The van der Waals surface area contributed by atoms with Crippen LogP contribution in [0.1, 0.15) is 51.2 Å². The van der Waals surface area contributed by atoms with Crippen LogP contribution in [0.3, 0.4) is 0 Å². The smallest absolute Gasteiger partial charge is 0.229 e. The van der Waals surface area contributed by atoms with Crippen molar-refractivity contribution in [2.75, 3.05) is 31.1 Å². The highest BCUT2D eigenvalue weighted by molar-refractivity contribution is 5.98. The molecule has 34 heavy (non-hydrogen) atoms. The molecule has 0 unspecified atom stereocenters. The third-order valence-electron chi connectivity index (χ3n) is 6.86. The van der Waals surface area contributed by atoms with Gasteiger partial charge in [0, 0.05) is 51.1 Å². The zero-order chi connectivity index (χ0) is 24.3. The van der Waals surface area contributed by atoms with Gasteiger partial charge in [-0.1, -0.05) is 69.3 Å². The predicted octanol–water partition coefficient (Wildman–Crippen LogP) is 3.99. The lowest BCUT2D eigenvalue weighted by Crippen LogP contribution is -2.50. The van der Waals surface area contributed by atoms with Gasteiger partial charge in [0.15, 0.2) is 0 Å². The van der Waals surface area contributed by atoms with Gasteiger partial charge in [-0.15, -0.1) is 0 Å². The molecular formula is C28H35N3O3. The molecule has 0 saturated carbocycles. The van der Waals surface area contributed by atoms with Crippen molar-refractivity contribution in [2.24, 2.45) is 5.92 Å². The topological polar surface area (TPSA) is 60.9 Å². The zero-order valence-electron chi connectivity index (χ0n) is 20.5. The third kappa shape index (κ3) is 5.49. The number of imide groups is 1. The first-order valence-corrected chi connectivity index (χ1v) is 12.2. The van der Waals surface area contributed by atoms with Gasteiger partial charge in [0.2, 0.25) is 17.7 Å². The number of piperazine rings is 1. The Morgan fingerprint density at radius 2 is 1.44 bits per heavy atom. The Labute approximate surface area is 202 Å². The van der Waals surface area contributed by atoms with E-state index in [1.54, 1.807) is 0 Å². The van der Waals surface area contributed by atoms with E-state index >= 15 is 0 Å². The van der Waals surface area contributed by atoms with Gasteiger partial charge < -0.3 is 9.80 Å². The second-order valence-corrected chi connectivity index (χ2v) is 10.5. The van der Waals surface area contributed by atoms with Gasteiger partial charge in [-0.25, -0.2) is 0 Å². The fraction of sp³-hybridized carbons (Fsp3) is 0.464. The van der Waals surface area contributed by atoms with E-state index in [2.05, 4.69) is 49.9 Å². The Morgan fingerprint density at radius 1 is 0.853 bits per heavy atom. The molecule has 0 atom stereocenters. The first kappa shape index (κ1) is 24.0. The Kier molecular flexibility index (Phi) is 7.05. The molecule has 2 fully saturated rings. The highest BCUT2D eigenvalue weighted by Crippen LogP contribution is 2.32. The van der Waals surface area contributed by atoms with E-state index in [0.29, 0.717) is 19.6 Å². The molecule has 2 aliphatic heterocycles. The summed E-state index contributed by atoms with van der Waals surface area (Å²) in [4.78, 5) is 43.9. The van der Waals surface area contributed by atoms with Crippen molar-refractivity contribution in [3.63, 3.8) is 0 Å². The minimum Gasteiger partial charge on any atom is -0.368 e. The Morgan fingerprint density at radius 3 is 2.06 bits per heavy atom. The first-order valence-electron chi connectivity index (χ1n) is 12.2. The van der Waals surface area contributed by atoms with Gasteiger partial charge in [0.1, 0.15) is 0 Å². The SMILES string of the molecule is CC(C)(C)c1ccccc1N1CCN(C(=O)CC2CC(=O)N(Cc3ccccc3)C(=O)C2)CC1. The third-order valence-corrected chi connectivity index (χ3v) is 6.86. The standard InChI is InChI=1S/C28H35N3O3/c1-28(2,3)23-11-7-8-12-24(23)29-13-15-30(16-14-29)25(32)17-22-18-26(33)31(27(34)19-22)20-21-9-5-4-6-10-21/h4-12,22H,13-20H2,1-3H3. The molecule has 0 aromatic heterocycles. The molecule has 6 heteroatoms. The summed E-state index contributed by atoms with van der Waals surface area (Å²) in [6, 6.07) is 18.0. The molecule has 2 aliphatic rings. The summed E-state index contributed by atoms with van der Waals surface area (Å²) in [5.41, 5.74) is 3.54. The maximum atomic E-state index is 13.0. The van der Waals surface area contributed by atoms with Crippen LogP contribution in [0, 0.1) is 5.92 Å². The van der Waals surface area contributed by atoms with Crippen molar-refractivity contribution in [1.29, 1.82) is 0 Å². The maximum absolute atomic E-state index is 13.0. The van der Waals surface area contributed by atoms with E-state index in [-0.39, 0.29) is 48.3 Å². The molecule has 2 aromatic carbocycles. The molecule has 3 amide bonds. The summed E-state index contributed by atoms with van der Waals surface area (Å²) in [5, 5.41) is 0. The van der Waals surface area contributed by atoms with Crippen LogP contribution in [0.2, 0.25) is 0 Å². The Bertz CT molecular complexity index is 1020. The number of nitrogens with zero attached hydrogens (tertiary/aromatic N) is 3. The summed E-state index contributed by atoms with van der Waals surface area (Å²) in [6.45, 7) is 9.85. The second kappa shape index (κ2) is 10.00. The highest BCUT2D eigenvalue weighted by atomic mass is 16.2. The zero-order valence-corrected chi connectivity index (χ0v) is 20.5. The molecule has 2 saturated heterocycles. The van der Waals surface area contributed by atoms with Crippen LogP contribution in [-0.2, 0) is 26.3 Å². The number of para-hydroxylation sites is 1. The lowest BCUT2D eigenvalue weighted by molar-refractivity contribution is -0.151. The van der Waals surface area contributed by atoms with Crippen LogP contribution in [-0.4, -0.2) is 53.7 Å². The van der Waals surface area contributed by atoms with Crippen molar-refractivity contribution in [1.82, 2.24) is 9.80 Å². The number of amides is 3. The number of benzene rings is 2. The van der Waals surface area contributed by atoms with E-state index in [1.165, 1.54) is 16.2 Å². The minimum atomic E-state index is -0.209. The van der Waals surface area contributed by atoms with Crippen LogP contribution in [0.15, 0.2) is 54.6 Å². The van der Waals surface area contributed by atoms with Crippen LogP contribution < -0.4 is 4.90 Å². The molecule has 0 aliphatic carbocycles. The van der Waals surface area contributed by atoms with E-state index in [4.69, 9.17) is 0 Å². The number of hydrogen-bond donors (Lipinski definition) is 0. The number of piperidine rings is 1. The monoisotopic (exact) mass is 461 g/mol. The number of rotatable bonds is 5. The first-order chi connectivity index (χ1) is 16.2. The summed E-state index contributed by atoms with van der Waals surface area (Å²) < 4.78 is 0. The van der Waals surface area contributed by atoms with Gasteiger partial charge in [-0.3, -0.25) is 19.3 Å². The van der Waals surface area contributed by atoms with E-state index < -0.39 is 0 Å². The Hall–Kier alpha value is -3.15. The second-order valence-electron chi connectivity index (χ2n) is 10.5. The number of carbonyl (C=O) groups excluding carboxylic acids is 3. The number of likely N-dealkylation sites (tertiary alicyclic amines) is 1. The molecule has 180 valence electrons. The molecule has 2 heterocycles. The lowest BCUT2D eigenvalue weighted by Gasteiger charge is -2.39. The molecule has 4 rings (SSSR count). The quantitative estimate of drug-likeness (QED) is 0.632. The summed E-state index contributed by atoms with van der Waals surface area (Å²) in [5.74, 6) is -0.520. The summed E-state index contributed by atoms with van der Waals surface area (Å²) >= 11 is 0. The van der Waals surface area contributed by atoms with Crippen LogP contribution >= 0.6 is 0 Å². The van der Waals surface area contributed by atoms with Crippen LogP contribution in [0.5, 0.6) is 0 Å². The van der Waals surface area contributed by atoms with Gasteiger partial charge >= 0.3 is 0 Å². The van der Waals surface area contributed by atoms with Crippen molar-refractivity contribution >= 4 is 23.4 Å².